The minimum Gasteiger partial charge on any atom is -0.443 e. The van der Waals surface area contributed by atoms with Crippen molar-refractivity contribution < 1.29 is 18.3 Å². The van der Waals surface area contributed by atoms with E-state index in [0.717, 1.165) is 16.2 Å². The van der Waals surface area contributed by atoms with Gasteiger partial charge < -0.3 is 4.74 Å². The van der Waals surface area contributed by atoms with Crippen molar-refractivity contribution in [2.75, 3.05) is 4.90 Å². The predicted octanol–water partition coefficient (Wildman–Crippen LogP) is 5.43. The quantitative estimate of drug-likeness (QED) is 0.503. The summed E-state index contributed by atoms with van der Waals surface area (Å²) in [5.41, 5.74) is -0.862. The second-order valence-electron chi connectivity index (χ2n) is 6.59. The van der Waals surface area contributed by atoms with Crippen LogP contribution < -0.4 is 4.90 Å². The number of aromatic nitrogens is 3. The molecule has 0 atom stereocenters. The number of ether oxygens (including phenoxy) is 1. The van der Waals surface area contributed by atoms with Gasteiger partial charge >= 0.3 is 6.09 Å². The van der Waals surface area contributed by atoms with Crippen molar-refractivity contribution in [2.24, 2.45) is 0 Å². The van der Waals surface area contributed by atoms with E-state index in [4.69, 9.17) is 16.3 Å². The number of carbonyl (C=O) groups is 1. The largest absolute Gasteiger partial charge is 0.443 e. The molecule has 0 N–H and O–H groups in total. The fourth-order valence-corrected chi connectivity index (χ4v) is 3.56. The molecule has 0 aliphatic carbocycles. The van der Waals surface area contributed by atoms with Crippen LogP contribution in [0.15, 0.2) is 22.1 Å². The summed E-state index contributed by atoms with van der Waals surface area (Å²) in [7, 11) is 0. The Morgan fingerprint density at radius 2 is 2.15 bits per heavy atom. The van der Waals surface area contributed by atoms with Crippen LogP contribution >= 0.6 is 38.9 Å². The lowest BCUT2D eigenvalue weighted by Crippen LogP contribution is -2.37. The van der Waals surface area contributed by atoms with Gasteiger partial charge in [0.05, 0.1) is 11.0 Å². The van der Waals surface area contributed by atoms with Crippen molar-refractivity contribution in [1.29, 1.82) is 0 Å². The van der Waals surface area contributed by atoms with E-state index in [1.807, 2.05) is 0 Å². The summed E-state index contributed by atoms with van der Waals surface area (Å²) in [5.74, 6) is -1.17. The van der Waals surface area contributed by atoms with E-state index in [-0.39, 0.29) is 27.6 Å². The minimum absolute atomic E-state index is 0.0610. The third-order valence-corrected chi connectivity index (χ3v) is 4.89. The van der Waals surface area contributed by atoms with Gasteiger partial charge in [-0.2, -0.15) is 4.98 Å². The number of amides is 1. The Balaban J connectivity index is 2.15. The molecule has 0 saturated carbocycles. The molecular formula is C16H14BrClF2N4O2S. The van der Waals surface area contributed by atoms with E-state index >= 15 is 0 Å². The number of rotatable bonds is 3. The van der Waals surface area contributed by atoms with Gasteiger partial charge in [0.15, 0.2) is 11.6 Å². The molecule has 6 nitrogen and oxygen atoms in total. The first-order valence-corrected chi connectivity index (χ1v) is 9.73. The molecule has 11 heteroatoms. The topological polar surface area (TPSA) is 59.7 Å². The normalized spacial score (nSPS) is 11.8. The number of thiophene rings is 1. The van der Waals surface area contributed by atoms with Crippen LogP contribution in [0.25, 0.3) is 5.52 Å². The van der Waals surface area contributed by atoms with Gasteiger partial charge in [-0.05, 0) is 54.4 Å². The van der Waals surface area contributed by atoms with Crippen molar-refractivity contribution in [2.45, 2.75) is 32.9 Å². The number of hydrogen-bond acceptors (Lipinski definition) is 5. The highest BCUT2D eigenvalue weighted by Gasteiger charge is 2.29. The molecule has 3 rings (SSSR count). The van der Waals surface area contributed by atoms with Crippen LogP contribution in [-0.2, 0) is 11.3 Å². The zero-order chi connectivity index (χ0) is 19.9. The number of carbonyl (C=O) groups excluding carboxylic acids is 1. The van der Waals surface area contributed by atoms with Gasteiger partial charge in [-0.3, -0.25) is 4.90 Å². The molecular weight excluding hydrogens is 466 g/mol. The van der Waals surface area contributed by atoms with Crippen molar-refractivity contribution in [3.05, 3.63) is 43.9 Å². The molecule has 0 aliphatic heterocycles. The second kappa shape index (κ2) is 7.33. The maximum atomic E-state index is 14.6. The fraction of sp³-hybridized carbons (Fsp3) is 0.312. The summed E-state index contributed by atoms with van der Waals surface area (Å²) < 4.78 is 34.8. The number of anilines is 1. The Morgan fingerprint density at radius 3 is 2.74 bits per heavy atom. The van der Waals surface area contributed by atoms with Crippen molar-refractivity contribution in [1.82, 2.24) is 14.6 Å². The molecule has 0 saturated heterocycles. The Labute approximate surface area is 170 Å². The van der Waals surface area contributed by atoms with Gasteiger partial charge in [-0.1, -0.05) is 0 Å². The van der Waals surface area contributed by atoms with E-state index in [1.54, 1.807) is 20.8 Å². The van der Waals surface area contributed by atoms with Crippen LogP contribution in [0, 0.1) is 11.6 Å². The first-order chi connectivity index (χ1) is 12.5. The van der Waals surface area contributed by atoms with Gasteiger partial charge in [-0.25, -0.2) is 18.1 Å². The van der Waals surface area contributed by atoms with Gasteiger partial charge in [0.1, 0.15) is 16.9 Å². The molecule has 0 spiro atoms. The van der Waals surface area contributed by atoms with Crippen LogP contribution in [0.3, 0.4) is 0 Å². The van der Waals surface area contributed by atoms with Crippen LogP contribution in [0.2, 0.25) is 5.28 Å². The molecule has 27 heavy (non-hydrogen) atoms. The highest BCUT2D eigenvalue weighted by Crippen LogP contribution is 2.31. The summed E-state index contributed by atoms with van der Waals surface area (Å²) in [4.78, 5) is 18.5. The monoisotopic (exact) mass is 478 g/mol. The lowest BCUT2D eigenvalue weighted by Gasteiger charge is -2.26. The SMILES string of the molecule is CC(C)(C)OC(=O)N(Cc1cc(F)cs1)c1nc(Cl)nn2cc(Br)c(F)c12. The van der Waals surface area contributed by atoms with Crippen LogP contribution in [0.1, 0.15) is 25.6 Å². The molecule has 0 aromatic carbocycles. The highest BCUT2D eigenvalue weighted by molar-refractivity contribution is 9.10. The fourth-order valence-electron chi connectivity index (χ4n) is 2.30. The van der Waals surface area contributed by atoms with Gasteiger partial charge in [0, 0.05) is 16.5 Å². The smallest absolute Gasteiger partial charge is 0.416 e. The Bertz CT molecular complexity index is 1020. The highest BCUT2D eigenvalue weighted by atomic mass is 79.9. The Hall–Kier alpha value is -1.78. The first kappa shape index (κ1) is 20.0. The summed E-state index contributed by atoms with van der Waals surface area (Å²) >= 11 is 10.2. The van der Waals surface area contributed by atoms with Gasteiger partial charge in [0.2, 0.25) is 5.28 Å². The average molecular weight is 480 g/mol. The zero-order valence-electron chi connectivity index (χ0n) is 14.5. The van der Waals surface area contributed by atoms with E-state index in [0.29, 0.717) is 4.88 Å². The molecule has 0 unspecified atom stereocenters. The first-order valence-electron chi connectivity index (χ1n) is 7.68. The molecule has 3 aromatic heterocycles. The number of fused-ring (bicyclic) bond motifs is 1. The Kier molecular flexibility index (Phi) is 5.42. The van der Waals surface area contributed by atoms with Gasteiger partial charge in [0.25, 0.3) is 0 Å². The minimum atomic E-state index is -0.801. The summed E-state index contributed by atoms with van der Waals surface area (Å²) in [6, 6.07) is 1.28. The van der Waals surface area contributed by atoms with Crippen LogP contribution in [-0.4, -0.2) is 26.3 Å². The maximum Gasteiger partial charge on any atom is 0.416 e. The summed E-state index contributed by atoms with van der Waals surface area (Å²) in [6.07, 6.45) is 0.587. The van der Waals surface area contributed by atoms with E-state index in [9.17, 15) is 13.6 Å². The third kappa shape index (κ3) is 4.39. The van der Waals surface area contributed by atoms with Crippen LogP contribution in [0.5, 0.6) is 0 Å². The molecule has 3 heterocycles. The lowest BCUT2D eigenvalue weighted by atomic mass is 10.2. The molecule has 0 radical (unpaired) electrons. The molecule has 3 aromatic rings. The molecule has 1 amide bonds. The maximum absolute atomic E-state index is 14.6. The Morgan fingerprint density at radius 1 is 1.44 bits per heavy atom. The average Bonchev–Trinajstić information content (AvgIpc) is 3.06. The van der Waals surface area contributed by atoms with Crippen LogP contribution in [0.4, 0.5) is 19.4 Å². The van der Waals surface area contributed by atoms with E-state index < -0.39 is 23.3 Å². The standard InChI is InChI=1S/C16H14BrClF2N4O2S/c1-16(2,3)26-15(25)23(5-9-4-8(19)7-27-9)13-12-11(20)10(17)6-24(12)22-14(18)21-13/h4,6-7H,5H2,1-3H3. The number of nitrogens with zero attached hydrogens (tertiary/aromatic N) is 4. The lowest BCUT2D eigenvalue weighted by molar-refractivity contribution is 0.0577. The molecule has 144 valence electrons. The zero-order valence-corrected chi connectivity index (χ0v) is 17.6. The van der Waals surface area contributed by atoms with Gasteiger partial charge in [-0.15, -0.1) is 16.4 Å². The van der Waals surface area contributed by atoms with Crippen molar-refractivity contribution in [3.63, 3.8) is 0 Å². The summed E-state index contributed by atoms with van der Waals surface area (Å²) in [5, 5.41) is 5.03. The third-order valence-electron chi connectivity index (χ3n) is 3.29. The molecule has 0 bridgehead atoms. The molecule has 0 fully saturated rings. The predicted molar refractivity (Wildman–Crippen MR) is 102 cm³/mol. The second-order valence-corrected chi connectivity index (χ2v) is 8.77. The van der Waals surface area contributed by atoms with Crippen molar-refractivity contribution in [3.8, 4) is 0 Å². The molecule has 0 aliphatic rings. The number of hydrogen-bond donors (Lipinski definition) is 0. The van der Waals surface area contributed by atoms with E-state index in [1.165, 1.54) is 22.2 Å². The van der Waals surface area contributed by atoms with E-state index in [2.05, 4.69) is 26.0 Å². The van der Waals surface area contributed by atoms with Crippen molar-refractivity contribution >= 4 is 56.3 Å². The number of halogens is 4. The summed E-state index contributed by atoms with van der Waals surface area (Å²) in [6.45, 7) is 5.02.